The molecule has 1 N–H and O–H groups in total. The molecule has 0 bridgehead atoms. The Balaban J connectivity index is 1.32. The van der Waals surface area contributed by atoms with Gasteiger partial charge in [-0.1, -0.05) is 42.5 Å². The summed E-state index contributed by atoms with van der Waals surface area (Å²) in [6.07, 6.45) is 1.60. The highest BCUT2D eigenvalue weighted by Crippen LogP contribution is 2.32. The van der Waals surface area contributed by atoms with Gasteiger partial charge in [-0.15, -0.1) is 0 Å². The van der Waals surface area contributed by atoms with Gasteiger partial charge >= 0.3 is 0 Å². The first kappa shape index (κ1) is 22.7. The van der Waals surface area contributed by atoms with Crippen molar-refractivity contribution in [3.05, 3.63) is 114 Å². The number of nitrogens with zero attached hydrogens (tertiary/aromatic N) is 1. The molecule has 0 fully saturated rings. The van der Waals surface area contributed by atoms with Gasteiger partial charge in [0.2, 0.25) is 0 Å². The fraction of sp³-hybridized carbons (Fsp3) is 0.107. The van der Waals surface area contributed by atoms with Gasteiger partial charge in [0, 0.05) is 17.8 Å². The van der Waals surface area contributed by atoms with Gasteiger partial charge in [-0.2, -0.15) is 0 Å². The molecule has 35 heavy (non-hydrogen) atoms. The van der Waals surface area contributed by atoms with Gasteiger partial charge < -0.3 is 10.1 Å². The predicted octanol–water partition coefficient (Wildman–Crippen LogP) is 5.87. The maximum Gasteiger partial charge on any atom is 0.264 e. The summed E-state index contributed by atoms with van der Waals surface area (Å²) in [6, 6.07) is 30.1. The van der Waals surface area contributed by atoms with Crippen molar-refractivity contribution >= 4 is 27.3 Å². The molecule has 7 heteroatoms. The molecule has 176 valence electrons. The van der Waals surface area contributed by atoms with Crippen LogP contribution in [0.4, 0.5) is 11.4 Å². The third-order valence-electron chi connectivity index (χ3n) is 5.84. The fourth-order valence-corrected chi connectivity index (χ4v) is 5.70. The second kappa shape index (κ2) is 9.64. The Morgan fingerprint density at radius 1 is 0.800 bits per heavy atom. The van der Waals surface area contributed by atoms with Crippen molar-refractivity contribution in [2.24, 2.45) is 0 Å². The molecule has 0 radical (unpaired) electrons. The monoisotopic (exact) mass is 484 g/mol. The number of hydrogen-bond acceptors (Lipinski definition) is 4. The highest BCUT2D eigenvalue weighted by molar-refractivity contribution is 7.92. The third kappa shape index (κ3) is 4.90. The number of benzene rings is 4. The molecule has 6 nitrogen and oxygen atoms in total. The molecule has 1 aliphatic rings. The van der Waals surface area contributed by atoms with Crippen LogP contribution in [0.15, 0.2) is 108 Å². The van der Waals surface area contributed by atoms with Crippen LogP contribution in [0.1, 0.15) is 22.3 Å². The summed E-state index contributed by atoms with van der Waals surface area (Å²) in [5.41, 5.74) is 2.55. The zero-order valence-electron chi connectivity index (χ0n) is 18.9. The van der Waals surface area contributed by atoms with Crippen LogP contribution in [-0.4, -0.2) is 20.9 Å². The number of nitrogens with one attached hydrogen (secondary N) is 1. The van der Waals surface area contributed by atoms with Crippen molar-refractivity contribution < 1.29 is 17.9 Å². The summed E-state index contributed by atoms with van der Waals surface area (Å²) in [4.78, 5) is 13.0. The van der Waals surface area contributed by atoms with Crippen molar-refractivity contribution in [1.82, 2.24) is 0 Å². The molecule has 1 amide bonds. The Bertz CT molecular complexity index is 1450. The van der Waals surface area contributed by atoms with Crippen LogP contribution in [0.5, 0.6) is 11.5 Å². The topological polar surface area (TPSA) is 75.7 Å². The first-order valence-corrected chi connectivity index (χ1v) is 12.8. The molecule has 0 atom stereocenters. The van der Waals surface area contributed by atoms with E-state index in [0.29, 0.717) is 23.7 Å². The number of para-hydroxylation sites is 2. The van der Waals surface area contributed by atoms with E-state index < -0.39 is 15.9 Å². The Kier molecular flexibility index (Phi) is 6.25. The number of ether oxygens (including phenoxy) is 1. The Morgan fingerprint density at radius 3 is 2.31 bits per heavy atom. The summed E-state index contributed by atoms with van der Waals surface area (Å²) < 4.78 is 34.1. The number of hydrogen-bond donors (Lipinski definition) is 1. The Morgan fingerprint density at radius 2 is 1.51 bits per heavy atom. The van der Waals surface area contributed by atoms with Crippen LogP contribution in [0, 0.1) is 0 Å². The van der Waals surface area contributed by atoms with Gasteiger partial charge in [0.05, 0.1) is 10.6 Å². The van der Waals surface area contributed by atoms with Crippen molar-refractivity contribution in [1.29, 1.82) is 0 Å². The van der Waals surface area contributed by atoms with E-state index in [4.69, 9.17) is 4.74 Å². The minimum atomic E-state index is -3.80. The van der Waals surface area contributed by atoms with Gasteiger partial charge in [0.1, 0.15) is 11.5 Å². The van der Waals surface area contributed by atoms with Crippen molar-refractivity contribution in [2.75, 3.05) is 16.2 Å². The molecule has 1 heterocycles. The fourth-order valence-electron chi connectivity index (χ4n) is 4.11. The maximum atomic E-state index is 13.5. The molecule has 0 spiro atoms. The minimum absolute atomic E-state index is 0.0912. The van der Waals surface area contributed by atoms with Gasteiger partial charge in [0.25, 0.3) is 15.9 Å². The van der Waals surface area contributed by atoms with E-state index in [9.17, 15) is 13.2 Å². The number of sulfonamides is 1. The second-order valence-electron chi connectivity index (χ2n) is 8.23. The first-order chi connectivity index (χ1) is 17.0. The predicted molar refractivity (Wildman–Crippen MR) is 137 cm³/mol. The zero-order chi connectivity index (χ0) is 24.3. The van der Waals surface area contributed by atoms with E-state index in [1.807, 2.05) is 54.6 Å². The summed E-state index contributed by atoms with van der Waals surface area (Å²) in [5.74, 6) is 0.973. The summed E-state index contributed by atoms with van der Waals surface area (Å²) in [5, 5.41) is 2.82. The summed E-state index contributed by atoms with van der Waals surface area (Å²) >= 11 is 0. The number of amides is 1. The van der Waals surface area contributed by atoms with E-state index in [1.165, 1.54) is 16.4 Å². The average molecular weight is 485 g/mol. The van der Waals surface area contributed by atoms with Crippen molar-refractivity contribution in [3.63, 3.8) is 0 Å². The maximum absolute atomic E-state index is 13.5. The molecular formula is C28H24N2O4S. The molecule has 0 aliphatic carbocycles. The molecule has 5 rings (SSSR count). The molecule has 1 aliphatic heterocycles. The van der Waals surface area contributed by atoms with E-state index in [2.05, 4.69) is 5.32 Å². The number of fused-ring (bicyclic) bond motifs is 1. The second-order valence-corrected chi connectivity index (χ2v) is 10.1. The van der Waals surface area contributed by atoms with Gasteiger partial charge in [-0.3, -0.25) is 9.10 Å². The van der Waals surface area contributed by atoms with Crippen LogP contribution in [0.25, 0.3) is 0 Å². The summed E-state index contributed by atoms with van der Waals surface area (Å²) in [6.45, 7) is 0.410. The van der Waals surface area contributed by atoms with Crippen LogP contribution >= 0.6 is 0 Å². The lowest BCUT2D eigenvalue weighted by Crippen LogP contribution is -2.35. The lowest BCUT2D eigenvalue weighted by Gasteiger charge is -2.30. The highest BCUT2D eigenvalue weighted by Gasteiger charge is 2.29. The van der Waals surface area contributed by atoms with E-state index in [0.717, 1.165) is 24.2 Å². The number of carbonyl (C=O) groups is 1. The number of carbonyl (C=O) groups excluding carboxylic acids is 1. The zero-order valence-corrected chi connectivity index (χ0v) is 19.7. The van der Waals surface area contributed by atoms with Crippen molar-refractivity contribution in [3.8, 4) is 11.5 Å². The largest absolute Gasteiger partial charge is 0.457 e. The van der Waals surface area contributed by atoms with Crippen LogP contribution in [-0.2, 0) is 16.4 Å². The SMILES string of the molecule is O=C(Nc1ccc(Oc2ccccc2)cc1)c1cccc(S(=O)(=O)N2CCCc3ccccc32)c1. The van der Waals surface area contributed by atoms with E-state index >= 15 is 0 Å². The number of anilines is 2. The van der Waals surface area contributed by atoms with Gasteiger partial charge in [-0.05, 0) is 79.1 Å². The highest BCUT2D eigenvalue weighted by atomic mass is 32.2. The molecule has 0 unspecified atom stereocenters. The van der Waals surface area contributed by atoms with Crippen LogP contribution in [0.3, 0.4) is 0 Å². The Labute approximate surface area is 204 Å². The van der Waals surface area contributed by atoms with Gasteiger partial charge in [0.15, 0.2) is 0 Å². The number of aryl methyl sites for hydroxylation is 1. The molecule has 0 saturated carbocycles. The lowest BCUT2D eigenvalue weighted by atomic mass is 10.0. The molecular weight excluding hydrogens is 460 g/mol. The smallest absolute Gasteiger partial charge is 0.264 e. The molecule has 0 saturated heterocycles. The van der Waals surface area contributed by atoms with E-state index in [1.54, 1.807) is 36.4 Å². The van der Waals surface area contributed by atoms with Crippen LogP contribution < -0.4 is 14.4 Å². The van der Waals surface area contributed by atoms with Gasteiger partial charge in [-0.25, -0.2) is 8.42 Å². The first-order valence-electron chi connectivity index (χ1n) is 11.4. The third-order valence-corrected chi connectivity index (χ3v) is 7.65. The normalized spacial score (nSPS) is 13.1. The summed E-state index contributed by atoms with van der Waals surface area (Å²) in [7, 11) is -3.80. The Hall–Kier alpha value is -4.10. The minimum Gasteiger partial charge on any atom is -0.457 e. The van der Waals surface area contributed by atoms with E-state index in [-0.39, 0.29) is 10.5 Å². The molecule has 4 aromatic rings. The average Bonchev–Trinajstić information content (AvgIpc) is 2.90. The number of rotatable bonds is 6. The quantitative estimate of drug-likeness (QED) is 0.371. The van der Waals surface area contributed by atoms with Crippen molar-refractivity contribution in [2.45, 2.75) is 17.7 Å². The molecule has 0 aromatic heterocycles. The molecule has 4 aromatic carbocycles. The van der Waals surface area contributed by atoms with Crippen LogP contribution in [0.2, 0.25) is 0 Å². The lowest BCUT2D eigenvalue weighted by molar-refractivity contribution is 0.102. The standard InChI is InChI=1S/C28H24N2O4S/c31-28(29-23-15-17-25(18-16-23)34-24-11-2-1-3-12-24)22-9-6-13-26(20-22)35(32,33)30-19-7-10-21-8-4-5-14-27(21)30/h1-6,8-9,11-18,20H,7,10,19H2,(H,29,31).